The molecule has 0 atom stereocenters. The molecule has 3 N–H and O–H groups in total. The smallest absolute Gasteiger partial charge is 0.255 e. The van der Waals surface area contributed by atoms with Gasteiger partial charge < -0.3 is 20.5 Å². The number of nitrogens with two attached hydrogens (primary N) is 1. The zero-order valence-electron chi connectivity index (χ0n) is 13.9. The Kier molecular flexibility index (Phi) is 7.16. The molecule has 2 amide bonds. The fourth-order valence-electron chi connectivity index (χ4n) is 1.93. The van der Waals surface area contributed by atoms with Gasteiger partial charge in [0.2, 0.25) is 5.91 Å². The van der Waals surface area contributed by atoms with Gasteiger partial charge in [0.05, 0.1) is 12.4 Å². The molecule has 7 heteroatoms. The van der Waals surface area contributed by atoms with Gasteiger partial charge in [-0.1, -0.05) is 0 Å². The molecule has 0 aromatic heterocycles. The molecule has 132 valence electrons. The molecule has 2 aromatic rings. The summed E-state index contributed by atoms with van der Waals surface area (Å²) in [6.07, 6.45) is 0. The summed E-state index contributed by atoms with van der Waals surface area (Å²) >= 11 is 1.45. The number of benzene rings is 2. The van der Waals surface area contributed by atoms with Crippen LogP contribution in [-0.4, -0.2) is 30.8 Å². The third kappa shape index (κ3) is 6.76. The minimum Gasteiger partial charge on any atom is -0.494 e. The fourth-order valence-corrected chi connectivity index (χ4v) is 2.63. The number of hydrogen-bond acceptors (Lipinski definition) is 5. The Balaban J connectivity index is 1.78. The van der Waals surface area contributed by atoms with Crippen molar-refractivity contribution in [3.8, 4) is 11.5 Å². The van der Waals surface area contributed by atoms with E-state index in [0.29, 0.717) is 23.8 Å². The highest BCUT2D eigenvalue weighted by Crippen LogP contribution is 2.22. The fraction of sp³-hybridized carbons (Fsp3) is 0.222. The molecule has 2 aromatic carbocycles. The number of anilines is 1. The maximum atomic E-state index is 12.0. The van der Waals surface area contributed by atoms with Crippen LogP contribution < -0.4 is 20.5 Å². The molecule has 0 aliphatic carbocycles. The second-order valence-electron chi connectivity index (χ2n) is 5.02. The highest BCUT2D eigenvalue weighted by Gasteiger charge is 2.05. The van der Waals surface area contributed by atoms with Gasteiger partial charge in [0, 0.05) is 10.6 Å². The largest absolute Gasteiger partial charge is 0.494 e. The van der Waals surface area contributed by atoms with Crippen LogP contribution in [0.4, 0.5) is 5.69 Å². The number of hydrogen-bond donors (Lipinski definition) is 2. The lowest BCUT2D eigenvalue weighted by atomic mass is 10.3. The summed E-state index contributed by atoms with van der Waals surface area (Å²) in [5, 5.41) is 2.80. The summed E-state index contributed by atoms with van der Waals surface area (Å²) in [6, 6.07) is 14.4. The highest BCUT2D eigenvalue weighted by atomic mass is 32.2. The molecule has 2 rings (SSSR count). The molecule has 0 radical (unpaired) electrons. The van der Waals surface area contributed by atoms with Crippen molar-refractivity contribution in [2.45, 2.75) is 11.8 Å². The van der Waals surface area contributed by atoms with Crippen LogP contribution in [-0.2, 0) is 9.59 Å². The summed E-state index contributed by atoms with van der Waals surface area (Å²) in [7, 11) is 0. The van der Waals surface area contributed by atoms with Gasteiger partial charge in [-0.2, -0.15) is 0 Å². The van der Waals surface area contributed by atoms with Crippen LogP contribution in [0.3, 0.4) is 0 Å². The summed E-state index contributed by atoms with van der Waals surface area (Å²) in [5.74, 6) is 0.984. The third-order valence-electron chi connectivity index (χ3n) is 3.02. The average Bonchev–Trinajstić information content (AvgIpc) is 2.61. The summed E-state index contributed by atoms with van der Waals surface area (Å²) in [4.78, 5) is 23.7. The number of carbonyl (C=O) groups is 2. The molecule has 0 heterocycles. The number of nitrogens with one attached hydrogen (secondary N) is 1. The van der Waals surface area contributed by atoms with Crippen LogP contribution in [0.1, 0.15) is 6.92 Å². The van der Waals surface area contributed by atoms with Gasteiger partial charge in [-0.15, -0.1) is 11.8 Å². The predicted molar refractivity (Wildman–Crippen MR) is 98.1 cm³/mol. The van der Waals surface area contributed by atoms with E-state index in [4.69, 9.17) is 15.2 Å². The molecule has 0 unspecified atom stereocenters. The number of carbonyl (C=O) groups excluding carboxylic acids is 2. The average molecular weight is 360 g/mol. The molecule has 0 saturated heterocycles. The van der Waals surface area contributed by atoms with Gasteiger partial charge in [-0.05, 0) is 55.5 Å². The van der Waals surface area contributed by atoms with E-state index in [1.54, 1.807) is 24.3 Å². The van der Waals surface area contributed by atoms with Gasteiger partial charge in [0.1, 0.15) is 11.5 Å². The Bertz CT molecular complexity index is 702. The quantitative estimate of drug-likeness (QED) is 0.671. The lowest BCUT2D eigenvalue weighted by Gasteiger charge is -2.08. The van der Waals surface area contributed by atoms with E-state index >= 15 is 0 Å². The predicted octanol–water partition coefficient (Wildman–Crippen LogP) is 2.68. The van der Waals surface area contributed by atoms with Crippen LogP contribution in [0.15, 0.2) is 53.4 Å². The van der Waals surface area contributed by atoms with Crippen LogP contribution in [0.2, 0.25) is 0 Å². The molecule has 0 aliphatic rings. The standard InChI is InChI=1S/C18H20N2O4S/c1-2-23-14-7-9-16(10-8-14)25-12-18(22)20-13-3-5-15(6-4-13)24-11-17(19)21/h3-10H,2,11-12H2,1H3,(H2,19,21)(H,20,22). The minimum absolute atomic E-state index is 0.107. The normalized spacial score (nSPS) is 10.1. The zero-order valence-corrected chi connectivity index (χ0v) is 14.7. The first kappa shape index (κ1) is 18.7. The second kappa shape index (κ2) is 9.58. The van der Waals surface area contributed by atoms with E-state index in [0.717, 1.165) is 10.6 Å². The third-order valence-corrected chi connectivity index (χ3v) is 4.04. The first-order chi connectivity index (χ1) is 12.1. The molecule has 0 fully saturated rings. The summed E-state index contributed by atoms with van der Waals surface area (Å²) < 4.78 is 10.5. The van der Waals surface area contributed by atoms with Crippen molar-refractivity contribution in [3.05, 3.63) is 48.5 Å². The lowest BCUT2D eigenvalue weighted by molar-refractivity contribution is -0.120. The van der Waals surface area contributed by atoms with Crippen molar-refractivity contribution in [2.24, 2.45) is 5.73 Å². The van der Waals surface area contributed by atoms with E-state index in [1.165, 1.54) is 11.8 Å². The van der Waals surface area contributed by atoms with Gasteiger partial charge in [0.15, 0.2) is 6.61 Å². The molecule has 0 spiro atoms. The molecule has 0 saturated carbocycles. The van der Waals surface area contributed by atoms with Gasteiger partial charge in [-0.25, -0.2) is 0 Å². The van der Waals surface area contributed by atoms with E-state index < -0.39 is 5.91 Å². The van der Waals surface area contributed by atoms with Crippen molar-refractivity contribution in [1.82, 2.24) is 0 Å². The molecular formula is C18H20N2O4S. The number of ether oxygens (including phenoxy) is 2. The maximum absolute atomic E-state index is 12.0. The van der Waals surface area contributed by atoms with Crippen LogP contribution >= 0.6 is 11.8 Å². The Morgan fingerprint density at radius 3 is 2.20 bits per heavy atom. The van der Waals surface area contributed by atoms with Gasteiger partial charge >= 0.3 is 0 Å². The van der Waals surface area contributed by atoms with Crippen molar-refractivity contribution >= 4 is 29.3 Å². The SMILES string of the molecule is CCOc1ccc(SCC(=O)Nc2ccc(OCC(N)=O)cc2)cc1. The van der Waals surface area contributed by atoms with Crippen LogP contribution in [0.25, 0.3) is 0 Å². The topological polar surface area (TPSA) is 90.7 Å². The maximum Gasteiger partial charge on any atom is 0.255 e. The molecule has 6 nitrogen and oxygen atoms in total. The molecular weight excluding hydrogens is 340 g/mol. The number of thioether (sulfide) groups is 1. The van der Waals surface area contributed by atoms with Gasteiger partial charge in [-0.3, -0.25) is 9.59 Å². The van der Waals surface area contributed by atoms with Crippen molar-refractivity contribution in [2.75, 3.05) is 24.3 Å². The second-order valence-corrected chi connectivity index (χ2v) is 6.07. The van der Waals surface area contributed by atoms with E-state index in [1.807, 2.05) is 31.2 Å². The lowest BCUT2D eigenvalue weighted by Crippen LogP contribution is -2.20. The molecule has 0 bridgehead atoms. The van der Waals surface area contributed by atoms with Crippen LogP contribution in [0.5, 0.6) is 11.5 Å². The van der Waals surface area contributed by atoms with Crippen molar-refractivity contribution in [3.63, 3.8) is 0 Å². The Morgan fingerprint density at radius 2 is 1.60 bits per heavy atom. The summed E-state index contributed by atoms with van der Waals surface area (Å²) in [6.45, 7) is 2.38. The number of primary amides is 1. The Labute approximate surface area is 150 Å². The van der Waals surface area contributed by atoms with Crippen LogP contribution in [0, 0.1) is 0 Å². The first-order valence-corrected chi connectivity index (χ1v) is 8.72. The van der Waals surface area contributed by atoms with E-state index in [9.17, 15) is 9.59 Å². The monoisotopic (exact) mass is 360 g/mol. The first-order valence-electron chi connectivity index (χ1n) is 7.73. The zero-order chi connectivity index (χ0) is 18.1. The Hall–Kier alpha value is -2.67. The minimum atomic E-state index is -0.538. The van der Waals surface area contributed by atoms with E-state index in [-0.39, 0.29) is 12.5 Å². The molecule has 0 aliphatic heterocycles. The number of amides is 2. The van der Waals surface area contributed by atoms with Gasteiger partial charge in [0.25, 0.3) is 5.91 Å². The van der Waals surface area contributed by atoms with Crippen molar-refractivity contribution < 1.29 is 19.1 Å². The summed E-state index contributed by atoms with van der Waals surface area (Å²) in [5.41, 5.74) is 5.67. The van der Waals surface area contributed by atoms with Crippen molar-refractivity contribution in [1.29, 1.82) is 0 Å². The number of rotatable bonds is 9. The Morgan fingerprint density at radius 1 is 1.00 bits per heavy atom. The van der Waals surface area contributed by atoms with E-state index in [2.05, 4.69) is 5.32 Å². The molecule has 25 heavy (non-hydrogen) atoms. The highest BCUT2D eigenvalue weighted by molar-refractivity contribution is 8.00.